The highest BCUT2D eigenvalue weighted by molar-refractivity contribution is 5.92. The maximum atomic E-state index is 12.3. The highest BCUT2D eigenvalue weighted by atomic mass is 16.5. The zero-order chi connectivity index (χ0) is 16.3. The average molecular weight is 292 g/mol. The van der Waals surface area contributed by atoms with Gasteiger partial charge < -0.3 is 0 Å². The minimum Gasteiger partial charge on any atom is -0.297 e. The van der Waals surface area contributed by atoms with E-state index in [1.165, 1.54) is 5.01 Å². The van der Waals surface area contributed by atoms with E-state index in [0.717, 1.165) is 12.0 Å². The fourth-order valence-electron chi connectivity index (χ4n) is 1.96. The normalized spacial score (nSPS) is 12.3. The Morgan fingerprint density at radius 2 is 1.81 bits per heavy atom. The van der Waals surface area contributed by atoms with Gasteiger partial charge in [-0.3, -0.25) is 10.0 Å². The zero-order valence-electron chi connectivity index (χ0n) is 14.0. The maximum absolute atomic E-state index is 12.3. The first-order valence-corrected chi connectivity index (χ1v) is 7.38. The molecule has 1 amide bonds. The number of nitrogens with zero attached hydrogens (tertiary/aromatic N) is 1. The lowest BCUT2D eigenvalue weighted by atomic mass is 9.87. The molecule has 4 heteroatoms. The molecule has 0 aliphatic heterocycles. The second kappa shape index (κ2) is 6.58. The van der Waals surface area contributed by atoms with Crippen LogP contribution in [0.3, 0.4) is 0 Å². The van der Waals surface area contributed by atoms with Crippen LogP contribution in [0.1, 0.15) is 59.9 Å². The third kappa shape index (κ3) is 5.48. The van der Waals surface area contributed by atoms with Gasteiger partial charge in [0, 0.05) is 6.42 Å². The Morgan fingerprint density at radius 3 is 2.29 bits per heavy atom. The first-order chi connectivity index (χ1) is 9.54. The van der Waals surface area contributed by atoms with Crippen molar-refractivity contribution in [2.24, 2.45) is 5.41 Å². The number of amides is 1. The summed E-state index contributed by atoms with van der Waals surface area (Å²) in [6.07, 6.45) is 1.15. The van der Waals surface area contributed by atoms with Crippen molar-refractivity contribution in [3.63, 3.8) is 0 Å². The molecule has 0 aliphatic rings. The fourth-order valence-corrected chi connectivity index (χ4v) is 1.96. The van der Waals surface area contributed by atoms with Gasteiger partial charge in [0.25, 0.3) is 0 Å². The highest BCUT2D eigenvalue weighted by Gasteiger charge is 2.21. The molecule has 1 aromatic carbocycles. The minimum atomic E-state index is -0.140. The summed E-state index contributed by atoms with van der Waals surface area (Å²) in [6, 6.07) is 7.67. The second-order valence-electron chi connectivity index (χ2n) is 7.69. The summed E-state index contributed by atoms with van der Waals surface area (Å²) in [5, 5.41) is 10.5. The summed E-state index contributed by atoms with van der Waals surface area (Å²) in [6.45, 7) is 12.6. The highest BCUT2D eigenvalue weighted by Crippen LogP contribution is 2.27. The van der Waals surface area contributed by atoms with Gasteiger partial charge in [-0.05, 0) is 34.9 Å². The van der Waals surface area contributed by atoms with Crippen LogP contribution in [0.15, 0.2) is 24.3 Å². The van der Waals surface area contributed by atoms with Crippen LogP contribution in [0.4, 0.5) is 5.69 Å². The van der Waals surface area contributed by atoms with Crippen LogP contribution in [0.2, 0.25) is 0 Å². The Balaban J connectivity index is 2.92. The Kier molecular flexibility index (Phi) is 5.54. The first kappa shape index (κ1) is 17.7. The predicted molar refractivity (Wildman–Crippen MR) is 86.2 cm³/mol. The van der Waals surface area contributed by atoms with Gasteiger partial charge in [-0.1, -0.05) is 53.7 Å². The van der Waals surface area contributed by atoms with Gasteiger partial charge in [-0.2, -0.15) is 0 Å². The maximum Gasteiger partial charge on any atom is 0.243 e. The van der Waals surface area contributed by atoms with Crippen molar-refractivity contribution in [1.29, 1.82) is 0 Å². The molecule has 0 fully saturated rings. The van der Waals surface area contributed by atoms with Crippen LogP contribution < -0.4 is 10.6 Å². The average Bonchev–Trinajstić information content (AvgIpc) is 2.36. The molecule has 0 saturated carbocycles. The number of rotatable bonds is 4. The van der Waals surface area contributed by atoms with Crippen LogP contribution in [-0.4, -0.2) is 11.1 Å². The van der Waals surface area contributed by atoms with E-state index in [-0.39, 0.29) is 16.7 Å². The fraction of sp³-hybridized carbons (Fsp3) is 0.588. The molecular weight excluding hydrogens is 264 g/mol. The van der Waals surface area contributed by atoms with Crippen LogP contribution in [0.5, 0.6) is 0 Å². The predicted octanol–water partition coefficient (Wildman–Crippen LogP) is 4.04. The molecule has 0 radical (unpaired) electrons. The topological polar surface area (TPSA) is 52.6 Å². The quantitative estimate of drug-likeness (QED) is 0.824. The molecule has 0 aliphatic carbocycles. The van der Waals surface area contributed by atoms with E-state index in [9.17, 15) is 10.0 Å². The van der Waals surface area contributed by atoms with E-state index in [1.807, 2.05) is 29.9 Å². The van der Waals surface area contributed by atoms with E-state index in [1.54, 1.807) is 0 Å². The van der Waals surface area contributed by atoms with Gasteiger partial charge in [0.15, 0.2) is 0 Å². The van der Waals surface area contributed by atoms with Crippen molar-refractivity contribution in [2.75, 3.05) is 5.01 Å². The molecule has 1 rings (SSSR count). The van der Waals surface area contributed by atoms with Gasteiger partial charge in [0.05, 0.1) is 5.69 Å². The van der Waals surface area contributed by atoms with Crippen LogP contribution in [0, 0.1) is 5.41 Å². The molecule has 0 heterocycles. The molecule has 21 heavy (non-hydrogen) atoms. The molecule has 4 nitrogen and oxygen atoms in total. The SMILES string of the molecule is CC(C)(C)CCC(=O)N(NO)c1cccc(C(C)(C)C)c1. The van der Waals surface area contributed by atoms with Gasteiger partial charge in [-0.15, -0.1) is 5.59 Å². The molecular formula is C17H28N2O2. The lowest BCUT2D eigenvalue weighted by Crippen LogP contribution is -2.41. The van der Waals surface area contributed by atoms with Gasteiger partial charge in [0.1, 0.15) is 0 Å². The number of hydrogen-bond donors (Lipinski definition) is 2. The van der Waals surface area contributed by atoms with Crippen molar-refractivity contribution in [3.8, 4) is 0 Å². The minimum absolute atomic E-state index is 0.00834. The van der Waals surface area contributed by atoms with E-state index >= 15 is 0 Å². The first-order valence-electron chi connectivity index (χ1n) is 7.38. The molecule has 0 saturated heterocycles. The Morgan fingerprint density at radius 1 is 1.19 bits per heavy atom. The van der Waals surface area contributed by atoms with Crippen molar-refractivity contribution < 1.29 is 10.0 Å². The van der Waals surface area contributed by atoms with Crippen LogP contribution in [0.25, 0.3) is 0 Å². The summed E-state index contributed by atoms with van der Waals surface area (Å²) in [5.74, 6) is -0.140. The number of carbonyl (C=O) groups is 1. The summed E-state index contributed by atoms with van der Waals surface area (Å²) >= 11 is 0. The number of anilines is 1. The largest absolute Gasteiger partial charge is 0.297 e. The smallest absolute Gasteiger partial charge is 0.243 e. The molecule has 1 aromatic rings. The van der Waals surface area contributed by atoms with Crippen molar-refractivity contribution in [2.45, 2.75) is 59.8 Å². The van der Waals surface area contributed by atoms with E-state index in [0.29, 0.717) is 12.1 Å². The van der Waals surface area contributed by atoms with Gasteiger partial charge >= 0.3 is 0 Å². The lowest BCUT2D eigenvalue weighted by molar-refractivity contribution is -0.121. The number of benzene rings is 1. The lowest BCUT2D eigenvalue weighted by Gasteiger charge is -2.25. The van der Waals surface area contributed by atoms with E-state index in [4.69, 9.17) is 0 Å². The number of hydrogen-bond acceptors (Lipinski definition) is 3. The molecule has 0 spiro atoms. The summed E-state index contributed by atoms with van der Waals surface area (Å²) in [7, 11) is 0. The van der Waals surface area contributed by atoms with Crippen LogP contribution >= 0.6 is 0 Å². The summed E-state index contributed by atoms with van der Waals surface area (Å²) < 4.78 is 0. The third-order valence-electron chi connectivity index (χ3n) is 3.41. The molecule has 0 unspecified atom stereocenters. The van der Waals surface area contributed by atoms with E-state index in [2.05, 4.69) is 41.5 Å². The van der Waals surface area contributed by atoms with Crippen molar-refractivity contribution in [3.05, 3.63) is 29.8 Å². The van der Waals surface area contributed by atoms with Gasteiger partial charge in [-0.25, -0.2) is 5.01 Å². The van der Waals surface area contributed by atoms with Crippen molar-refractivity contribution >= 4 is 11.6 Å². The molecule has 0 aromatic heterocycles. The number of hydrazine groups is 1. The monoisotopic (exact) mass is 292 g/mol. The standard InChI is InChI=1S/C17H28N2O2/c1-16(2,3)11-10-15(20)19(18-21)14-9-7-8-13(12-14)17(4,5)6/h7-9,12,18,21H,10-11H2,1-6H3. The summed E-state index contributed by atoms with van der Waals surface area (Å²) in [5.41, 5.74) is 3.87. The Hall–Kier alpha value is -1.39. The number of carbonyl (C=O) groups excluding carboxylic acids is 1. The Labute approximate surface area is 128 Å². The third-order valence-corrected chi connectivity index (χ3v) is 3.41. The molecule has 0 bridgehead atoms. The zero-order valence-corrected chi connectivity index (χ0v) is 14.0. The molecule has 2 N–H and O–H groups in total. The summed E-state index contributed by atoms with van der Waals surface area (Å²) in [4.78, 5) is 12.3. The second-order valence-corrected chi connectivity index (χ2v) is 7.69. The van der Waals surface area contributed by atoms with Gasteiger partial charge in [0.2, 0.25) is 5.91 Å². The molecule has 118 valence electrons. The van der Waals surface area contributed by atoms with E-state index < -0.39 is 0 Å². The van der Waals surface area contributed by atoms with Crippen molar-refractivity contribution in [1.82, 2.24) is 5.59 Å². The molecule has 0 atom stereocenters. The van der Waals surface area contributed by atoms with Crippen LogP contribution in [-0.2, 0) is 10.2 Å². The Bertz CT molecular complexity index is 484. The number of nitrogens with one attached hydrogen (secondary N) is 1.